The first-order valence-electron chi connectivity index (χ1n) is 1.89. The van der Waals surface area contributed by atoms with Crippen LogP contribution in [0.4, 0.5) is 0 Å². The highest BCUT2D eigenvalue weighted by Gasteiger charge is 1.73. The summed E-state index contributed by atoms with van der Waals surface area (Å²) in [7, 11) is 3.30. The van der Waals surface area contributed by atoms with Gasteiger partial charge in [0.25, 0.3) is 0 Å². The lowest BCUT2D eigenvalue weighted by atomic mass is 10.8. The van der Waals surface area contributed by atoms with Gasteiger partial charge in [0.2, 0.25) is 0 Å². The maximum Gasteiger partial charge on any atom is 0.0696 e. The van der Waals surface area contributed by atoms with E-state index in [0.29, 0.717) is 13.2 Å². The summed E-state index contributed by atoms with van der Waals surface area (Å²) in [6, 6.07) is 0. The number of rotatable bonds is 3. The van der Waals surface area contributed by atoms with Crippen LogP contribution in [0.3, 0.4) is 0 Å². The SMILES string of the molecule is COCCO[13CH3]. The van der Waals surface area contributed by atoms with Crippen LogP contribution in [0.5, 0.6) is 0 Å². The van der Waals surface area contributed by atoms with E-state index in [1.54, 1.807) is 14.2 Å². The van der Waals surface area contributed by atoms with Crippen LogP contribution in [-0.2, 0) is 9.47 Å². The van der Waals surface area contributed by atoms with Gasteiger partial charge in [-0.25, -0.2) is 0 Å². The Balaban J connectivity index is 2.34. The quantitative estimate of drug-likeness (QED) is 0.367. The molecular formula is C4H10O2. The molecule has 0 atom stereocenters. The molecule has 0 aliphatic rings. The third kappa shape index (κ3) is 3.92. The van der Waals surface area contributed by atoms with E-state index in [-0.39, 0.29) is 0 Å². The lowest BCUT2D eigenvalue weighted by molar-refractivity contribution is 0.103. The molecule has 0 spiro atoms. The van der Waals surface area contributed by atoms with Crippen molar-refractivity contribution in [3.05, 3.63) is 0 Å². The van der Waals surface area contributed by atoms with E-state index in [4.69, 9.17) is 0 Å². The highest BCUT2D eigenvalue weighted by molar-refractivity contribution is 4.17. The van der Waals surface area contributed by atoms with Gasteiger partial charge in [-0.05, 0) is 0 Å². The summed E-state index contributed by atoms with van der Waals surface area (Å²) in [6.45, 7) is 1.38. The molecule has 0 aliphatic heterocycles. The van der Waals surface area contributed by atoms with Crippen LogP contribution in [0.2, 0.25) is 0 Å². The lowest BCUT2D eigenvalue weighted by Gasteiger charge is -1.91. The fourth-order valence-electron chi connectivity index (χ4n) is 0.167. The Morgan fingerprint density at radius 1 is 1.00 bits per heavy atom. The minimum absolute atomic E-state index is 0.691. The zero-order valence-corrected chi connectivity index (χ0v) is 4.23. The monoisotopic (exact) mass is 91.1 g/mol. The molecule has 0 fully saturated rings. The second-order valence-corrected chi connectivity index (χ2v) is 0.986. The predicted molar refractivity (Wildman–Crippen MR) is 23.8 cm³/mol. The normalized spacial score (nSPS) is 9.00. The lowest BCUT2D eigenvalue weighted by Crippen LogP contribution is -1.96. The van der Waals surface area contributed by atoms with Gasteiger partial charge in [-0.15, -0.1) is 0 Å². The molecule has 0 aliphatic carbocycles. The largest absolute Gasteiger partial charge is 0.382 e. The molecule has 0 saturated heterocycles. The third-order valence-electron chi connectivity index (χ3n) is 0.492. The topological polar surface area (TPSA) is 18.5 Å². The van der Waals surface area contributed by atoms with Crippen molar-refractivity contribution in [3.63, 3.8) is 0 Å². The standard InChI is InChI=1S/C4H10O2/c1-5-3-4-6-2/h3-4H2,1-2H3/i1+1. The number of hydrogen-bond acceptors (Lipinski definition) is 2. The maximum atomic E-state index is 4.66. The van der Waals surface area contributed by atoms with Gasteiger partial charge >= 0.3 is 0 Å². The molecule has 0 aromatic heterocycles. The van der Waals surface area contributed by atoms with Gasteiger partial charge in [-0.2, -0.15) is 0 Å². The Morgan fingerprint density at radius 2 is 1.33 bits per heavy atom. The molecule has 0 N–H and O–H groups in total. The predicted octanol–water partition coefficient (Wildman–Crippen LogP) is 0.279. The Bertz CT molecular complexity index is 17.5. The molecule has 0 unspecified atom stereocenters. The summed E-state index contributed by atoms with van der Waals surface area (Å²) in [5, 5.41) is 0. The van der Waals surface area contributed by atoms with E-state index in [0.717, 1.165) is 0 Å². The average molecular weight is 91.1 g/mol. The van der Waals surface area contributed by atoms with Crippen molar-refractivity contribution in [3.8, 4) is 0 Å². The molecule has 0 heterocycles. The van der Waals surface area contributed by atoms with Crippen LogP contribution >= 0.6 is 0 Å². The summed E-state index contributed by atoms with van der Waals surface area (Å²) >= 11 is 0. The Morgan fingerprint density at radius 3 is 1.50 bits per heavy atom. The molecule has 38 valence electrons. The van der Waals surface area contributed by atoms with Gasteiger partial charge in [-0.3, -0.25) is 0 Å². The van der Waals surface area contributed by atoms with E-state index in [1.807, 2.05) is 0 Å². The first-order chi connectivity index (χ1) is 2.91. The molecule has 6 heavy (non-hydrogen) atoms. The molecule has 0 bridgehead atoms. The van der Waals surface area contributed by atoms with Gasteiger partial charge in [-0.1, -0.05) is 0 Å². The van der Waals surface area contributed by atoms with Crippen molar-refractivity contribution >= 4 is 0 Å². The first-order valence-corrected chi connectivity index (χ1v) is 1.89. The number of methoxy groups -OCH3 is 2. The summed E-state index contributed by atoms with van der Waals surface area (Å²) < 4.78 is 9.31. The Labute approximate surface area is 38.1 Å². The van der Waals surface area contributed by atoms with Crippen molar-refractivity contribution in [2.24, 2.45) is 0 Å². The smallest absolute Gasteiger partial charge is 0.0696 e. The second-order valence-electron chi connectivity index (χ2n) is 0.986. The second kappa shape index (κ2) is 4.92. The van der Waals surface area contributed by atoms with E-state index in [9.17, 15) is 0 Å². The van der Waals surface area contributed by atoms with Gasteiger partial charge in [0, 0.05) is 14.2 Å². The van der Waals surface area contributed by atoms with Crippen molar-refractivity contribution < 1.29 is 9.47 Å². The van der Waals surface area contributed by atoms with E-state index >= 15 is 0 Å². The van der Waals surface area contributed by atoms with Crippen LogP contribution in [-0.4, -0.2) is 27.4 Å². The molecule has 0 aromatic carbocycles. The minimum atomic E-state index is 0.691. The molecule has 0 rings (SSSR count). The third-order valence-corrected chi connectivity index (χ3v) is 0.492. The van der Waals surface area contributed by atoms with Crippen molar-refractivity contribution in [1.82, 2.24) is 0 Å². The summed E-state index contributed by atoms with van der Waals surface area (Å²) in [6.07, 6.45) is 0. The minimum Gasteiger partial charge on any atom is -0.382 e. The molecule has 0 saturated carbocycles. The zero-order valence-electron chi connectivity index (χ0n) is 4.23. The van der Waals surface area contributed by atoms with Gasteiger partial charge in [0.15, 0.2) is 0 Å². The molecule has 2 heteroatoms. The molecular weight excluding hydrogens is 81.0 g/mol. The zero-order chi connectivity index (χ0) is 4.83. The van der Waals surface area contributed by atoms with E-state index in [1.165, 1.54) is 0 Å². The Kier molecular flexibility index (Phi) is 4.85. The van der Waals surface area contributed by atoms with Crippen LogP contribution in [0.15, 0.2) is 0 Å². The summed E-state index contributed by atoms with van der Waals surface area (Å²) in [4.78, 5) is 0. The van der Waals surface area contributed by atoms with Crippen LogP contribution < -0.4 is 0 Å². The van der Waals surface area contributed by atoms with Crippen molar-refractivity contribution in [1.29, 1.82) is 0 Å². The van der Waals surface area contributed by atoms with Gasteiger partial charge in [0.1, 0.15) is 0 Å². The maximum absolute atomic E-state index is 4.66. The van der Waals surface area contributed by atoms with Crippen molar-refractivity contribution in [2.45, 2.75) is 0 Å². The highest BCUT2D eigenvalue weighted by Crippen LogP contribution is 1.65. The number of hydrogen-bond donors (Lipinski definition) is 0. The summed E-state index contributed by atoms with van der Waals surface area (Å²) in [5.74, 6) is 0. The highest BCUT2D eigenvalue weighted by atomic mass is 16.5. The fourth-order valence-corrected chi connectivity index (χ4v) is 0.167. The van der Waals surface area contributed by atoms with E-state index in [2.05, 4.69) is 9.47 Å². The summed E-state index contributed by atoms with van der Waals surface area (Å²) in [5.41, 5.74) is 0. The first kappa shape index (κ1) is 5.92. The van der Waals surface area contributed by atoms with Gasteiger partial charge < -0.3 is 9.47 Å². The molecule has 0 aromatic rings. The van der Waals surface area contributed by atoms with Crippen LogP contribution in [0.25, 0.3) is 0 Å². The van der Waals surface area contributed by atoms with E-state index < -0.39 is 0 Å². The average Bonchev–Trinajstić information content (AvgIpc) is 1.61. The van der Waals surface area contributed by atoms with Crippen LogP contribution in [0.1, 0.15) is 0 Å². The van der Waals surface area contributed by atoms with Crippen molar-refractivity contribution in [2.75, 3.05) is 27.4 Å². The molecule has 0 radical (unpaired) electrons. The number of ether oxygens (including phenoxy) is 2. The fraction of sp³-hybridized carbons (Fsp3) is 1.00. The van der Waals surface area contributed by atoms with Crippen LogP contribution in [0, 0.1) is 0 Å². The molecule has 2 nitrogen and oxygen atoms in total. The molecule has 0 amide bonds. The van der Waals surface area contributed by atoms with Gasteiger partial charge in [0.05, 0.1) is 13.2 Å². The Hall–Kier alpha value is -0.0800.